The van der Waals surface area contributed by atoms with Crippen molar-refractivity contribution in [3.8, 4) is 11.3 Å². The molecule has 0 spiro atoms. The van der Waals surface area contributed by atoms with Crippen LogP contribution in [-0.2, 0) is 14.3 Å². The molecule has 0 radical (unpaired) electrons. The molecule has 0 unspecified atom stereocenters. The minimum absolute atomic E-state index is 0.0750. The zero-order chi connectivity index (χ0) is 28.2. The van der Waals surface area contributed by atoms with Gasteiger partial charge in [0.25, 0.3) is 0 Å². The zero-order valence-corrected chi connectivity index (χ0v) is 22.6. The first kappa shape index (κ1) is 25.3. The lowest BCUT2D eigenvalue weighted by Crippen LogP contribution is -2.32. The molecular weight excluding hydrogens is 516 g/mol. The van der Waals surface area contributed by atoms with E-state index in [1.165, 1.54) is 4.90 Å². The average Bonchev–Trinajstić information content (AvgIpc) is 3.69. The quantitative estimate of drug-likeness (QED) is 0.173. The van der Waals surface area contributed by atoms with Crippen molar-refractivity contribution in [3.63, 3.8) is 0 Å². The van der Waals surface area contributed by atoms with Gasteiger partial charge in [0.2, 0.25) is 11.8 Å². The van der Waals surface area contributed by atoms with E-state index in [4.69, 9.17) is 9.72 Å². The third-order valence-electron chi connectivity index (χ3n) is 8.99. The van der Waals surface area contributed by atoms with Gasteiger partial charge in [-0.15, -0.1) is 0 Å². The number of fused-ring (bicyclic) bond motifs is 6. The number of Topliss-reactive ketones (excluding diaryl/α,β-unsaturated/α-hetero) is 1. The molecule has 0 N–H and O–H groups in total. The zero-order valence-electron chi connectivity index (χ0n) is 22.6. The van der Waals surface area contributed by atoms with Crippen molar-refractivity contribution in [2.24, 2.45) is 23.7 Å². The number of imide groups is 1. The Kier molecular flexibility index (Phi) is 6.03. The molecule has 204 valence electrons. The second kappa shape index (κ2) is 9.77. The Bertz CT molecular complexity index is 1700. The fourth-order valence-corrected chi connectivity index (χ4v) is 6.97. The first-order valence-corrected chi connectivity index (χ1v) is 14.0. The smallest absolute Gasteiger partial charge is 0.339 e. The first-order chi connectivity index (χ1) is 19.9. The standard InChI is InChI=1S/C34H28N2O5/c1-19-6-8-21(9-7-19)29(37)18-41-34(40)26-17-28(35-27-5-3-2-4-25(26)27)20-12-14-24(15-13-20)36-32(38)30-22-10-11-23(16-22)31(30)33(36)39/h2-9,12-15,17,22-23,30-31H,10-11,16,18H2,1H3/t22-,23+,30-,31+. The summed E-state index contributed by atoms with van der Waals surface area (Å²) in [7, 11) is 0. The second-order valence-corrected chi connectivity index (χ2v) is 11.4. The Morgan fingerprint density at radius 1 is 0.878 bits per heavy atom. The summed E-state index contributed by atoms with van der Waals surface area (Å²) in [5.41, 5.74) is 4.27. The van der Waals surface area contributed by atoms with Crippen molar-refractivity contribution in [2.75, 3.05) is 11.5 Å². The van der Waals surface area contributed by atoms with E-state index in [9.17, 15) is 19.2 Å². The Balaban J connectivity index is 1.14. The van der Waals surface area contributed by atoms with Crippen molar-refractivity contribution in [1.29, 1.82) is 0 Å². The lowest BCUT2D eigenvalue weighted by Gasteiger charge is -2.19. The highest BCUT2D eigenvalue weighted by Crippen LogP contribution is 2.56. The first-order valence-electron chi connectivity index (χ1n) is 14.0. The van der Waals surface area contributed by atoms with Crippen molar-refractivity contribution in [1.82, 2.24) is 4.98 Å². The number of rotatable bonds is 6. The van der Waals surface area contributed by atoms with Crippen LogP contribution in [0, 0.1) is 30.6 Å². The van der Waals surface area contributed by atoms with Crippen LogP contribution in [0.3, 0.4) is 0 Å². The number of ether oxygens (including phenoxy) is 1. The van der Waals surface area contributed by atoms with E-state index in [1.54, 1.807) is 36.4 Å². The maximum atomic E-state index is 13.2. The number of esters is 1. The van der Waals surface area contributed by atoms with Crippen LogP contribution in [-0.4, -0.2) is 35.2 Å². The molecule has 41 heavy (non-hydrogen) atoms. The van der Waals surface area contributed by atoms with Crippen molar-refractivity contribution in [3.05, 3.63) is 95.6 Å². The fraction of sp³-hybridized carbons (Fsp3) is 0.265. The van der Waals surface area contributed by atoms with E-state index in [-0.39, 0.29) is 36.0 Å². The summed E-state index contributed by atoms with van der Waals surface area (Å²) in [5.74, 6) is -0.727. The Morgan fingerprint density at radius 3 is 2.22 bits per heavy atom. The predicted octanol–water partition coefficient (Wildman–Crippen LogP) is 5.79. The van der Waals surface area contributed by atoms with Crippen LogP contribution in [0.15, 0.2) is 78.9 Å². The number of anilines is 1. The summed E-state index contributed by atoms with van der Waals surface area (Å²) >= 11 is 0. The SMILES string of the molecule is Cc1ccc(C(=O)COC(=O)c2cc(-c3ccc(N4C(=O)[C@@H]5[C@@H]6CC[C@@H](C6)[C@@H]5C4=O)cc3)nc3ccccc23)cc1. The minimum atomic E-state index is -0.614. The molecule has 2 heterocycles. The summed E-state index contributed by atoms with van der Waals surface area (Å²) in [6.07, 6.45) is 3.07. The Morgan fingerprint density at radius 2 is 1.54 bits per heavy atom. The van der Waals surface area contributed by atoms with E-state index in [0.29, 0.717) is 45.2 Å². The molecule has 7 rings (SSSR count). The van der Waals surface area contributed by atoms with Crippen LogP contribution in [0.4, 0.5) is 5.69 Å². The molecule has 2 bridgehead atoms. The number of ketones is 1. The molecule has 4 atom stereocenters. The fourth-order valence-electron chi connectivity index (χ4n) is 6.97. The molecule has 3 fully saturated rings. The third-order valence-corrected chi connectivity index (χ3v) is 8.99. The number of pyridine rings is 1. The number of aromatic nitrogens is 1. The largest absolute Gasteiger partial charge is 0.454 e. The molecule has 1 aromatic heterocycles. The average molecular weight is 545 g/mol. The van der Waals surface area contributed by atoms with E-state index >= 15 is 0 Å². The lowest BCUT2D eigenvalue weighted by atomic mass is 9.81. The van der Waals surface area contributed by atoms with Crippen LogP contribution in [0.25, 0.3) is 22.2 Å². The number of benzene rings is 3. The van der Waals surface area contributed by atoms with Gasteiger partial charge >= 0.3 is 5.97 Å². The van der Waals surface area contributed by atoms with Crippen LogP contribution < -0.4 is 4.90 Å². The molecule has 2 saturated carbocycles. The third kappa shape index (κ3) is 4.24. The number of amides is 2. The van der Waals surface area contributed by atoms with E-state index in [2.05, 4.69) is 0 Å². The molecule has 1 saturated heterocycles. The number of aryl methyl sites for hydroxylation is 1. The molecule has 2 amide bonds. The second-order valence-electron chi connectivity index (χ2n) is 11.4. The molecule has 4 aromatic rings. The summed E-state index contributed by atoms with van der Waals surface area (Å²) in [6.45, 7) is 1.57. The molecule has 3 aliphatic rings. The van der Waals surface area contributed by atoms with Gasteiger partial charge < -0.3 is 4.74 Å². The van der Waals surface area contributed by atoms with E-state index in [0.717, 1.165) is 30.4 Å². The summed E-state index contributed by atoms with van der Waals surface area (Å²) in [5, 5.41) is 0.620. The van der Waals surface area contributed by atoms with Gasteiger partial charge in [-0.25, -0.2) is 9.78 Å². The summed E-state index contributed by atoms with van der Waals surface area (Å²) in [4.78, 5) is 58.4. The van der Waals surface area contributed by atoms with Gasteiger partial charge in [0.05, 0.1) is 34.3 Å². The van der Waals surface area contributed by atoms with E-state index < -0.39 is 5.97 Å². The molecule has 7 nitrogen and oxygen atoms in total. The summed E-state index contributed by atoms with van der Waals surface area (Å²) in [6, 6.07) is 23.2. The molecular formula is C34H28N2O5. The molecule has 7 heteroatoms. The predicted molar refractivity (Wildman–Crippen MR) is 153 cm³/mol. The van der Waals surface area contributed by atoms with Crippen molar-refractivity contribution in [2.45, 2.75) is 26.2 Å². The van der Waals surface area contributed by atoms with Crippen LogP contribution >= 0.6 is 0 Å². The maximum Gasteiger partial charge on any atom is 0.339 e. The van der Waals surface area contributed by atoms with Crippen molar-refractivity contribution >= 4 is 40.2 Å². The number of hydrogen-bond donors (Lipinski definition) is 0. The van der Waals surface area contributed by atoms with Crippen LogP contribution in [0.1, 0.15) is 45.5 Å². The highest BCUT2D eigenvalue weighted by Gasteiger charge is 2.61. The topological polar surface area (TPSA) is 93.6 Å². The number of nitrogens with zero attached hydrogens (tertiary/aromatic N) is 2. The van der Waals surface area contributed by atoms with Crippen LogP contribution in [0.5, 0.6) is 0 Å². The number of para-hydroxylation sites is 1. The van der Waals surface area contributed by atoms with E-state index in [1.807, 2.05) is 49.4 Å². The molecule has 3 aromatic carbocycles. The van der Waals surface area contributed by atoms with Crippen LogP contribution in [0.2, 0.25) is 0 Å². The number of carbonyl (C=O) groups excluding carboxylic acids is 4. The highest BCUT2D eigenvalue weighted by atomic mass is 16.5. The van der Waals surface area contributed by atoms with Gasteiger partial charge in [-0.1, -0.05) is 60.2 Å². The van der Waals surface area contributed by atoms with Gasteiger partial charge in [0.15, 0.2) is 12.4 Å². The van der Waals surface area contributed by atoms with Gasteiger partial charge in [-0.2, -0.15) is 0 Å². The maximum absolute atomic E-state index is 13.2. The molecule has 1 aliphatic heterocycles. The Hall–Kier alpha value is -4.65. The van der Waals surface area contributed by atoms with Gasteiger partial charge in [0, 0.05) is 16.5 Å². The van der Waals surface area contributed by atoms with Gasteiger partial charge in [0.1, 0.15) is 0 Å². The number of carbonyl (C=O) groups is 4. The normalized spacial score (nSPS) is 22.8. The lowest BCUT2D eigenvalue weighted by molar-refractivity contribution is -0.123. The Labute approximate surface area is 237 Å². The highest BCUT2D eigenvalue weighted by molar-refractivity contribution is 6.22. The van der Waals surface area contributed by atoms with Crippen molar-refractivity contribution < 1.29 is 23.9 Å². The molecule has 2 aliphatic carbocycles. The van der Waals surface area contributed by atoms with Gasteiger partial charge in [-0.3, -0.25) is 19.3 Å². The summed E-state index contributed by atoms with van der Waals surface area (Å²) < 4.78 is 5.44. The van der Waals surface area contributed by atoms with Gasteiger partial charge in [-0.05, 0) is 62.3 Å². The monoisotopic (exact) mass is 544 g/mol. The minimum Gasteiger partial charge on any atom is -0.454 e. The number of hydrogen-bond acceptors (Lipinski definition) is 6.